The molecule has 2 heterocycles. The lowest BCUT2D eigenvalue weighted by Crippen LogP contribution is -2.28. The minimum Gasteiger partial charge on any atom is -0.370 e. The van der Waals surface area contributed by atoms with Gasteiger partial charge in [0.2, 0.25) is 11.7 Å². The highest BCUT2D eigenvalue weighted by Gasteiger charge is 2.24. The first-order valence-corrected chi connectivity index (χ1v) is 6.64. The Morgan fingerprint density at radius 3 is 2.83 bits per heavy atom. The Hall–Kier alpha value is -0.940. The van der Waals surface area contributed by atoms with E-state index in [2.05, 4.69) is 30.9 Å². The molecule has 1 aromatic heterocycles. The molecular weight excluding hydrogens is 230 g/mol. The average molecular weight is 253 g/mol. The number of hydrogen-bond donors (Lipinski definition) is 1. The molecule has 1 aliphatic heterocycles. The van der Waals surface area contributed by atoms with Gasteiger partial charge in [0.05, 0.1) is 0 Å². The SMILES string of the molecule is CC(C)(C)CC(N)Cc1nc(C2CCCO2)no1. The first kappa shape index (κ1) is 13.5. The fourth-order valence-electron chi connectivity index (χ4n) is 2.35. The quantitative estimate of drug-likeness (QED) is 0.890. The fourth-order valence-corrected chi connectivity index (χ4v) is 2.35. The molecule has 2 N–H and O–H groups in total. The number of hydrogen-bond acceptors (Lipinski definition) is 5. The van der Waals surface area contributed by atoms with Crippen LogP contribution in [0.2, 0.25) is 0 Å². The van der Waals surface area contributed by atoms with Gasteiger partial charge in [-0.3, -0.25) is 0 Å². The molecule has 18 heavy (non-hydrogen) atoms. The van der Waals surface area contributed by atoms with Crippen molar-refractivity contribution in [2.24, 2.45) is 11.1 Å². The summed E-state index contributed by atoms with van der Waals surface area (Å²) in [5.74, 6) is 1.29. The molecule has 1 fully saturated rings. The maximum atomic E-state index is 6.10. The molecular formula is C13H23N3O2. The van der Waals surface area contributed by atoms with Crippen LogP contribution in [0.4, 0.5) is 0 Å². The molecule has 2 atom stereocenters. The Morgan fingerprint density at radius 2 is 2.22 bits per heavy atom. The molecule has 0 aromatic carbocycles. The molecule has 0 radical (unpaired) electrons. The van der Waals surface area contributed by atoms with E-state index in [4.69, 9.17) is 15.0 Å². The van der Waals surface area contributed by atoms with Gasteiger partial charge in [-0.2, -0.15) is 4.98 Å². The predicted octanol–water partition coefficient (Wildman–Crippen LogP) is 2.23. The van der Waals surface area contributed by atoms with Crippen LogP contribution < -0.4 is 5.73 Å². The van der Waals surface area contributed by atoms with Gasteiger partial charge in [0.25, 0.3) is 0 Å². The summed E-state index contributed by atoms with van der Waals surface area (Å²) in [6, 6.07) is 0.0581. The van der Waals surface area contributed by atoms with Crippen molar-refractivity contribution in [3.63, 3.8) is 0 Å². The van der Waals surface area contributed by atoms with Crippen LogP contribution in [-0.4, -0.2) is 22.8 Å². The summed E-state index contributed by atoms with van der Waals surface area (Å²) in [7, 11) is 0. The van der Waals surface area contributed by atoms with Crippen molar-refractivity contribution >= 4 is 0 Å². The molecule has 1 aliphatic rings. The highest BCUT2D eigenvalue weighted by Crippen LogP contribution is 2.26. The zero-order chi connectivity index (χ0) is 13.2. The summed E-state index contributed by atoms with van der Waals surface area (Å²) in [4.78, 5) is 4.38. The number of nitrogens with zero attached hydrogens (tertiary/aromatic N) is 2. The van der Waals surface area contributed by atoms with Crippen LogP contribution in [0.5, 0.6) is 0 Å². The summed E-state index contributed by atoms with van der Waals surface area (Å²) in [5.41, 5.74) is 6.31. The van der Waals surface area contributed by atoms with Crippen molar-refractivity contribution < 1.29 is 9.26 Å². The van der Waals surface area contributed by atoms with E-state index < -0.39 is 0 Å². The van der Waals surface area contributed by atoms with E-state index in [9.17, 15) is 0 Å². The van der Waals surface area contributed by atoms with Gasteiger partial charge in [0.15, 0.2) is 0 Å². The Morgan fingerprint density at radius 1 is 1.44 bits per heavy atom. The van der Waals surface area contributed by atoms with Crippen molar-refractivity contribution in [2.75, 3.05) is 6.61 Å². The first-order chi connectivity index (χ1) is 8.44. The highest BCUT2D eigenvalue weighted by atomic mass is 16.5. The second-order valence-electron chi connectivity index (χ2n) is 6.28. The average Bonchev–Trinajstić information content (AvgIpc) is 2.82. The van der Waals surface area contributed by atoms with Gasteiger partial charge < -0.3 is 15.0 Å². The van der Waals surface area contributed by atoms with Gasteiger partial charge in [0.1, 0.15) is 6.10 Å². The van der Waals surface area contributed by atoms with Crippen LogP contribution in [0.1, 0.15) is 57.9 Å². The monoisotopic (exact) mass is 253 g/mol. The van der Waals surface area contributed by atoms with Crippen LogP contribution in [0.3, 0.4) is 0 Å². The maximum absolute atomic E-state index is 6.10. The highest BCUT2D eigenvalue weighted by molar-refractivity contribution is 4.94. The van der Waals surface area contributed by atoms with Crippen LogP contribution in [0.25, 0.3) is 0 Å². The van der Waals surface area contributed by atoms with Gasteiger partial charge >= 0.3 is 0 Å². The van der Waals surface area contributed by atoms with Crippen LogP contribution in [0, 0.1) is 5.41 Å². The standard InChI is InChI=1S/C13H23N3O2/c1-13(2,3)8-9(14)7-11-15-12(16-18-11)10-5-4-6-17-10/h9-10H,4-8,14H2,1-3H3. The molecule has 1 aromatic rings. The Bertz CT molecular complexity index is 378. The summed E-state index contributed by atoms with van der Waals surface area (Å²) in [5, 5.41) is 3.98. The third-order valence-electron chi connectivity index (χ3n) is 3.01. The van der Waals surface area contributed by atoms with E-state index in [1.807, 2.05) is 0 Å². The molecule has 0 saturated carbocycles. The van der Waals surface area contributed by atoms with Gasteiger partial charge in [-0.25, -0.2) is 0 Å². The summed E-state index contributed by atoms with van der Waals surface area (Å²) in [6.07, 6.45) is 3.63. The third-order valence-corrected chi connectivity index (χ3v) is 3.01. The number of rotatable bonds is 4. The van der Waals surface area contributed by atoms with E-state index in [1.54, 1.807) is 0 Å². The second kappa shape index (κ2) is 5.36. The maximum Gasteiger partial charge on any atom is 0.228 e. The van der Waals surface area contributed by atoms with Gasteiger partial charge in [-0.05, 0) is 24.7 Å². The van der Waals surface area contributed by atoms with E-state index in [0.29, 0.717) is 18.1 Å². The number of ether oxygens (including phenoxy) is 1. The third kappa shape index (κ3) is 3.78. The van der Waals surface area contributed by atoms with Crippen LogP contribution in [-0.2, 0) is 11.2 Å². The van der Waals surface area contributed by atoms with Crippen molar-refractivity contribution in [2.45, 2.75) is 58.6 Å². The molecule has 0 amide bonds. The van der Waals surface area contributed by atoms with E-state index in [-0.39, 0.29) is 17.6 Å². The molecule has 0 aliphatic carbocycles. The summed E-state index contributed by atoms with van der Waals surface area (Å²) < 4.78 is 10.8. The first-order valence-electron chi connectivity index (χ1n) is 6.64. The van der Waals surface area contributed by atoms with Gasteiger partial charge in [0, 0.05) is 19.1 Å². The zero-order valence-electron chi connectivity index (χ0n) is 11.5. The molecule has 5 nitrogen and oxygen atoms in total. The molecule has 0 bridgehead atoms. The van der Waals surface area contributed by atoms with Crippen LogP contribution in [0.15, 0.2) is 4.52 Å². The number of nitrogens with two attached hydrogens (primary N) is 1. The fraction of sp³-hybridized carbons (Fsp3) is 0.846. The minimum atomic E-state index is 0.0151. The van der Waals surface area contributed by atoms with Crippen LogP contribution >= 0.6 is 0 Å². The Labute approximate surface area is 108 Å². The summed E-state index contributed by atoms with van der Waals surface area (Å²) >= 11 is 0. The van der Waals surface area contributed by atoms with E-state index in [1.165, 1.54) is 0 Å². The van der Waals surface area contributed by atoms with Crippen molar-refractivity contribution in [1.82, 2.24) is 10.1 Å². The number of aromatic nitrogens is 2. The van der Waals surface area contributed by atoms with Crippen molar-refractivity contribution in [3.05, 3.63) is 11.7 Å². The molecule has 1 saturated heterocycles. The molecule has 5 heteroatoms. The molecule has 0 spiro atoms. The molecule has 2 unspecified atom stereocenters. The molecule has 2 rings (SSSR count). The van der Waals surface area contributed by atoms with Gasteiger partial charge in [-0.1, -0.05) is 25.9 Å². The lowest BCUT2D eigenvalue weighted by molar-refractivity contribution is 0.103. The minimum absolute atomic E-state index is 0.0151. The largest absolute Gasteiger partial charge is 0.370 e. The van der Waals surface area contributed by atoms with Crippen molar-refractivity contribution in [3.8, 4) is 0 Å². The summed E-state index contributed by atoms with van der Waals surface area (Å²) in [6.45, 7) is 7.33. The van der Waals surface area contributed by atoms with Gasteiger partial charge in [-0.15, -0.1) is 0 Å². The Kier molecular flexibility index (Phi) is 4.02. The van der Waals surface area contributed by atoms with E-state index >= 15 is 0 Å². The molecule has 102 valence electrons. The Balaban J connectivity index is 1.90. The zero-order valence-corrected chi connectivity index (χ0v) is 11.5. The van der Waals surface area contributed by atoms with Crippen molar-refractivity contribution in [1.29, 1.82) is 0 Å². The van der Waals surface area contributed by atoms with E-state index in [0.717, 1.165) is 25.9 Å². The lowest BCUT2D eigenvalue weighted by atomic mass is 9.87. The predicted molar refractivity (Wildman–Crippen MR) is 68.0 cm³/mol. The normalized spacial score (nSPS) is 22.3. The lowest BCUT2D eigenvalue weighted by Gasteiger charge is -2.21. The topological polar surface area (TPSA) is 74.2 Å². The second-order valence-corrected chi connectivity index (χ2v) is 6.28. The smallest absolute Gasteiger partial charge is 0.228 e.